The lowest BCUT2D eigenvalue weighted by Crippen LogP contribution is -2.42. The zero-order valence-electron chi connectivity index (χ0n) is 16.4. The standard InChI is InChI=1S/C19H30N4O4/c1-19(2,3)27-18(25)22-7-4-14(5-8-22)13-26-17-11-20-16(10-21-17)23-9-6-15(24)12-23/h10-11,14-15,24H,4-9,12-13H2,1-3H3. The Kier molecular flexibility index (Phi) is 6.04. The van der Waals surface area contributed by atoms with Gasteiger partial charge in [0.15, 0.2) is 0 Å². The predicted molar refractivity (Wildman–Crippen MR) is 101 cm³/mol. The van der Waals surface area contributed by atoms with Crippen LogP contribution in [0.15, 0.2) is 12.4 Å². The molecule has 150 valence electrons. The fourth-order valence-corrected chi connectivity index (χ4v) is 3.31. The van der Waals surface area contributed by atoms with Gasteiger partial charge in [0.25, 0.3) is 0 Å². The first-order chi connectivity index (χ1) is 12.8. The average Bonchev–Trinajstić information content (AvgIpc) is 3.06. The van der Waals surface area contributed by atoms with Gasteiger partial charge < -0.3 is 24.4 Å². The fraction of sp³-hybridized carbons (Fsp3) is 0.737. The van der Waals surface area contributed by atoms with Gasteiger partial charge in [0.1, 0.15) is 11.4 Å². The van der Waals surface area contributed by atoms with Crippen LogP contribution in [-0.2, 0) is 4.74 Å². The highest BCUT2D eigenvalue weighted by molar-refractivity contribution is 5.68. The minimum absolute atomic E-state index is 0.240. The van der Waals surface area contributed by atoms with Crippen molar-refractivity contribution in [3.05, 3.63) is 12.4 Å². The van der Waals surface area contributed by atoms with Gasteiger partial charge in [0.05, 0.1) is 25.1 Å². The maximum atomic E-state index is 12.1. The van der Waals surface area contributed by atoms with Crippen LogP contribution in [0.25, 0.3) is 0 Å². The molecule has 3 heterocycles. The van der Waals surface area contributed by atoms with E-state index in [2.05, 4.69) is 9.97 Å². The number of aliphatic hydroxyl groups excluding tert-OH is 1. The van der Waals surface area contributed by atoms with Crippen molar-refractivity contribution in [3.63, 3.8) is 0 Å². The molecule has 0 radical (unpaired) electrons. The number of β-amino-alcohol motifs (C(OH)–C–C–N with tert-alkyl or cyclic N) is 1. The summed E-state index contributed by atoms with van der Waals surface area (Å²) in [7, 11) is 0. The number of carbonyl (C=O) groups is 1. The summed E-state index contributed by atoms with van der Waals surface area (Å²) in [6.07, 6.45) is 5.34. The molecular formula is C19H30N4O4. The summed E-state index contributed by atoms with van der Waals surface area (Å²) in [4.78, 5) is 24.6. The molecule has 3 rings (SSSR count). The molecule has 0 aliphatic carbocycles. The van der Waals surface area contributed by atoms with Gasteiger partial charge in [-0.2, -0.15) is 0 Å². The molecule has 8 heteroatoms. The molecule has 8 nitrogen and oxygen atoms in total. The summed E-state index contributed by atoms with van der Waals surface area (Å²) in [5, 5.41) is 9.61. The molecule has 0 saturated carbocycles. The summed E-state index contributed by atoms with van der Waals surface area (Å²) in [6, 6.07) is 0. The van der Waals surface area contributed by atoms with Crippen molar-refractivity contribution in [3.8, 4) is 5.88 Å². The van der Waals surface area contributed by atoms with Crippen LogP contribution in [-0.4, -0.2) is 70.6 Å². The summed E-state index contributed by atoms with van der Waals surface area (Å²) < 4.78 is 11.2. The highest BCUT2D eigenvalue weighted by Crippen LogP contribution is 2.22. The van der Waals surface area contributed by atoms with Crippen molar-refractivity contribution < 1.29 is 19.4 Å². The van der Waals surface area contributed by atoms with E-state index < -0.39 is 5.60 Å². The number of aliphatic hydroxyl groups is 1. The lowest BCUT2D eigenvalue weighted by molar-refractivity contribution is 0.0164. The number of likely N-dealkylation sites (tertiary alicyclic amines) is 1. The van der Waals surface area contributed by atoms with Crippen LogP contribution >= 0.6 is 0 Å². The molecule has 0 aromatic carbocycles. The predicted octanol–water partition coefficient (Wildman–Crippen LogP) is 2.07. The second-order valence-corrected chi connectivity index (χ2v) is 8.32. The van der Waals surface area contributed by atoms with Gasteiger partial charge in [0.2, 0.25) is 5.88 Å². The fourth-order valence-electron chi connectivity index (χ4n) is 3.31. The summed E-state index contributed by atoms with van der Waals surface area (Å²) in [6.45, 7) is 8.97. The Bertz CT molecular complexity index is 624. The van der Waals surface area contributed by atoms with Crippen LogP contribution in [0.3, 0.4) is 0 Å². The largest absolute Gasteiger partial charge is 0.476 e. The Morgan fingerprint density at radius 1 is 1.19 bits per heavy atom. The van der Waals surface area contributed by atoms with Crippen LogP contribution in [0.5, 0.6) is 5.88 Å². The number of amides is 1. The summed E-state index contributed by atoms with van der Waals surface area (Å²) >= 11 is 0. The Balaban J connectivity index is 1.40. The molecule has 1 aromatic rings. The van der Waals surface area contributed by atoms with Gasteiger partial charge in [-0.05, 0) is 46.0 Å². The maximum absolute atomic E-state index is 12.1. The van der Waals surface area contributed by atoms with E-state index >= 15 is 0 Å². The lowest BCUT2D eigenvalue weighted by Gasteiger charge is -2.33. The van der Waals surface area contributed by atoms with E-state index in [0.29, 0.717) is 38.0 Å². The second kappa shape index (κ2) is 8.29. The highest BCUT2D eigenvalue weighted by Gasteiger charge is 2.27. The van der Waals surface area contributed by atoms with Crippen LogP contribution in [0.1, 0.15) is 40.0 Å². The number of hydrogen-bond donors (Lipinski definition) is 1. The zero-order valence-corrected chi connectivity index (χ0v) is 16.4. The van der Waals surface area contributed by atoms with Crippen LogP contribution < -0.4 is 9.64 Å². The molecule has 1 N–H and O–H groups in total. The van der Waals surface area contributed by atoms with Crippen molar-refractivity contribution in [1.29, 1.82) is 0 Å². The molecule has 1 unspecified atom stereocenters. The number of anilines is 1. The first kappa shape index (κ1) is 19.7. The Labute approximate surface area is 160 Å². The third-order valence-corrected chi connectivity index (χ3v) is 4.84. The van der Waals surface area contributed by atoms with E-state index in [-0.39, 0.29) is 12.2 Å². The number of ether oxygens (including phenoxy) is 2. The maximum Gasteiger partial charge on any atom is 0.410 e. The summed E-state index contributed by atoms with van der Waals surface area (Å²) in [5.74, 6) is 1.66. The Hall–Kier alpha value is -2.09. The van der Waals surface area contributed by atoms with E-state index in [1.165, 1.54) is 0 Å². The Morgan fingerprint density at radius 2 is 1.93 bits per heavy atom. The Morgan fingerprint density at radius 3 is 2.48 bits per heavy atom. The molecule has 0 bridgehead atoms. The van der Waals surface area contributed by atoms with Gasteiger partial charge in [-0.3, -0.25) is 0 Å². The molecule has 2 aliphatic heterocycles. The number of aromatic nitrogens is 2. The van der Waals surface area contributed by atoms with Crippen LogP contribution in [0.4, 0.5) is 10.6 Å². The third kappa shape index (κ3) is 5.69. The zero-order chi connectivity index (χ0) is 19.4. The number of piperidine rings is 1. The van der Waals surface area contributed by atoms with Crippen molar-refractivity contribution in [1.82, 2.24) is 14.9 Å². The van der Waals surface area contributed by atoms with Gasteiger partial charge in [-0.25, -0.2) is 14.8 Å². The van der Waals surface area contributed by atoms with Crippen molar-refractivity contribution in [2.75, 3.05) is 37.7 Å². The topological polar surface area (TPSA) is 88.0 Å². The number of rotatable bonds is 4. The van der Waals surface area contributed by atoms with Crippen LogP contribution in [0, 0.1) is 5.92 Å². The lowest BCUT2D eigenvalue weighted by atomic mass is 9.98. The van der Waals surface area contributed by atoms with Gasteiger partial charge in [-0.15, -0.1) is 0 Å². The third-order valence-electron chi connectivity index (χ3n) is 4.84. The van der Waals surface area contributed by atoms with Crippen LogP contribution in [0.2, 0.25) is 0 Å². The smallest absolute Gasteiger partial charge is 0.410 e. The van der Waals surface area contributed by atoms with Crippen molar-refractivity contribution in [2.24, 2.45) is 5.92 Å². The minimum Gasteiger partial charge on any atom is -0.476 e. The number of nitrogens with zero attached hydrogens (tertiary/aromatic N) is 4. The molecule has 2 fully saturated rings. The monoisotopic (exact) mass is 378 g/mol. The molecule has 2 saturated heterocycles. The molecule has 2 aliphatic rings. The SMILES string of the molecule is CC(C)(C)OC(=O)N1CCC(COc2cnc(N3CCC(O)C3)cn2)CC1. The quantitative estimate of drug-likeness (QED) is 0.858. The average molecular weight is 378 g/mol. The molecule has 27 heavy (non-hydrogen) atoms. The van der Waals surface area contributed by atoms with E-state index in [1.807, 2.05) is 25.7 Å². The van der Waals surface area contributed by atoms with E-state index in [0.717, 1.165) is 31.6 Å². The molecular weight excluding hydrogens is 348 g/mol. The summed E-state index contributed by atoms with van der Waals surface area (Å²) in [5.41, 5.74) is -0.463. The van der Waals surface area contributed by atoms with Crippen molar-refractivity contribution >= 4 is 11.9 Å². The number of carbonyl (C=O) groups excluding carboxylic acids is 1. The first-order valence-corrected chi connectivity index (χ1v) is 9.66. The highest BCUT2D eigenvalue weighted by atomic mass is 16.6. The minimum atomic E-state index is -0.463. The normalized spacial score (nSPS) is 21.4. The van der Waals surface area contributed by atoms with Gasteiger partial charge in [-0.1, -0.05) is 0 Å². The first-order valence-electron chi connectivity index (χ1n) is 9.66. The van der Waals surface area contributed by atoms with E-state index in [1.54, 1.807) is 17.3 Å². The molecule has 1 atom stereocenters. The number of hydrogen-bond acceptors (Lipinski definition) is 7. The van der Waals surface area contributed by atoms with Gasteiger partial charge >= 0.3 is 6.09 Å². The van der Waals surface area contributed by atoms with Crippen molar-refractivity contribution in [2.45, 2.75) is 51.7 Å². The molecule has 1 aromatic heterocycles. The molecule has 0 spiro atoms. The van der Waals surface area contributed by atoms with Gasteiger partial charge in [0, 0.05) is 26.2 Å². The van der Waals surface area contributed by atoms with E-state index in [4.69, 9.17) is 9.47 Å². The second-order valence-electron chi connectivity index (χ2n) is 8.32. The molecule has 1 amide bonds. The van der Waals surface area contributed by atoms with E-state index in [9.17, 15) is 9.90 Å².